The summed E-state index contributed by atoms with van der Waals surface area (Å²) in [4.78, 5) is 4.57. The number of aromatic nitrogens is 2. The Morgan fingerprint density at radius 2 is 1.83 bits per heavy atom. The number of hydrogen-bond acceptors (Lipinski definition) is 4. The number of imidazole rings is 1. The van der Waals surface area contributed by atoms with Gasteiger partial charge in [-0.25, -0.2) is 10.4 Å². The maximum atomic E-state index is 6.08. The molecule has 0 aliphatic rings. The highest BCUT2D eigenvalue weighted by Crippen LogP contribution is 2.32. The van der Waals surface area contributed by atoms with E-state index in [1.54, 1.807) is 6.21 Å². The SMILES string of the molecule is Cn1c(N/N=C\c2cc(Br)cc(Br)c2OCc2ccccc2)nc2ccccc21. The van der Waals surface area contributed by atoms with E-state index < -0.39 is 0 Å². The van der Waals surface area contributed by atoms with Gasteiger partial charge < -0.3 is 9.30 Å². The molecule has 0 spiro atoms. The Hall–Kier alpha value is -2.64. The van der Waals surface area contributed by atoms with Gasteiger partial charge in [-0.3, -0.25) is 0 Å². The first kappa shape index (κ1) is 19.7. The predicted octanol–water partition coefficient (Wildman–Crippen LogP) is 6.12. The number of fused-ring (bicyclic) bond motifs is 1. The minimum atomic E-state index is 0.472. The van der Waals surface area contributed by atoms with Crippen molar-refractivity contribution < 1.29 is 4.74 Å². The van der Waals surface area contributed by atoms with E-state index >= 15 is 0 Å². The highest BCUT2D eigenvalue weighted by molar-refractivity contribution is 9.11. The zero-order chi connectivity index (χ0) is 20.2. The third-order valence-corrected chi connectivity index (χ3v) is 5.47. The fraction of sp³-hybridized carbons (Fsp3) is 0.0909. The molecule has 1 aromatic heterocycles. The summed E-state index contributed by atoms with van der Waals surface area (Å²) in [5, 5.41) is 4.39. The van der Waals surface area contributed by atoms with E-state index in [1.807, 2.05) is 78.3 Å². The summed E-state index contributed by atoms with van der Waals surface area (Å²) >= 11 is 7.12. The molecule has 0 saturated carbocycles. The van der Waals surface area contributed by atoms with Crippen LogP contribution in [0.25, 0.3) is 11.0 Å². The van der Waals surface area contributed by atoms with Gasteiger partial charge in [-0.05, 0) is 45.8 Å². The monoisotopic (exact) mass is 512 g/mol. The average molecular weight is 514 g/mol. The highest BCUT2D eigenvalue weighted by atomic mass is 79.9. The normalized spacial score (nSPS) is 11.3. The van der Waals surface area contributed by atoms with Crippen LogP contribution in [0.5, 0.6) is 5.75 Å². The molecule has 0 atom stereocenters. The third-order valence-electron chi connectivity index (χ3n) is 4.42. The number of nitrogens with one attached hydrogen (secondary N) is 1. The lowest BCUT2D eigenvalue weighted by atomic mass is 10.2. The van der Waals surface area contributed by atoms with Crippen LogP contribution in [-0.2, 0) is 13.7 Å². The first-order chi connectivity index (χ1) is 14.1. The molecule has 7 heteroatoms. The quantitative estimate of drug-likeness (QED) is 0.249. The van der Waals surface area contributed by atoms with Crippen molar-refractivity contribution in [3.63, 3.8) is 0 Å². The maximum absolute atomic E-state index is 6.08. The molecular weight excluding hydrogens is 496 g/mol. The van der Waals surface area contributed by atoms with Gasteiger partial charge in [-0.15, -0.1) is 0 Å². The summed E-state index contributed by atoms with van der Waals surface area (Å²) in [7, 11) is 1.96. The number of benzene rings is 3. The van der Waals surface area contributed by atoms with Gasteiger partial charge in [-0.1, -0.05) is 58.4 Å². The molecule has 1 N–H and O–H groups in total. The van der Waals surface area contributed by atoms with E-state index in [0.29, 0.717) is 12.6 Å². The lowest BCUT2D eigenvalue weighted by molar-refractivity contribution is 0.304. The fourth-order valence-electron chi connectivity index (χ4n) is 2.96. The first-order valence-electron chi connectivity index (χ1n) is 8.98. The number of hydrazone groups is 1. The van der Waals surface area contributed by atoms with E-state index in [1.165, 1.54) is 0 Å². The number of hydrogen-bond donors (Lipinski definition) is 1. The molecule has 1 heterocycles. The molecule has 3 aromatic carbocycles. The Morgan fingerprint density at radius 3 is 2.62 bits per heavy atom. The topological polar surface area (TPSA) is 51.4 Å². The molecule has 0 aliphatic heterocycles. The number of halogens is 2. The lowest BCUT2D eigenvalue weighted by Gasteiger charge is -2.12. The molecule has 4 rings (SSSR count). The van der Waals surface area contributed by atoms with Crippen molar-refractivity contribution in [1.82, 2.24) is 9.55 Å². The lowest BCUT2D eigenvalue weighted by Crippen LogP contribution is -2.02. The first-order valence-corrected chi connectivity index (χ1v) is 10.6. The molecule has 0 radical (unpaired) electrons. The molecule has 0 amide bonds. The number of rotatable bonds is 6. The van der Waals surface area contributed by atoms with Crippen LogP contribution < -0.4 is 10.2 Å². The van der Waals surface area contributed by atoms with Crippen LogP contribution in [0, 0.1) is 0 Å². The van der Waals surface area contributed by atoms with Gasteiger partial charge in [0.15, 0.2) is 0 Å². The Labute approximate surface area is 185 Å². The van der Waals surface area contributed by atoms with E-state index in [0.717, 1.165) is 36.9 Å². The van der Waals surface area contributed by atoms with Crippen molar-refractivity contribution in [2.75, 3.05) is 5.43 Å². The van der Waals surface area contributed by atoms with Crippen molar-refractivity contribution in [2.24, 2.45) is 12.1 Å². The molecule has 0 bridgehead atoms. The number of aryl methyl sites for hydroxylation is 1. The molecule has 146 valence electrons. The predicted molar refractivity (Wildman–Crippen MR) is 125 cm³/mol. The molecular formula is C22H18Br2N4O. The Morgan fingerprint density at radius 1 is 1.07 bits per heavy atom. The van der Waals surface area contributed by atoms with Gasteiger partial charge >= 0.3 is 0 Å². The maximum Gasteiger partial charge on any atom is 0.224 e. The van der Waals surface area contributed by atoms with Crippen LogP contribution >= 0.6 is 31.9 Å². The molecule has 0 unspecified atom stereocenters. The largest absolute Gasteiger partial charge is 0.487 e. The summed E-state index contributed by atoms with van der Waals surface area (Å²) in [5.41, 5.74) is 6.93. The molecule has 29 heavy (non-hydrogen) atoms. The van der Waals surface area contributed by atoms with Crippen LogP contribution in [0.3, 0.4) is 0 Å². The minimum Gasteiger partial charge on any atom is -0.487 e. The minimum absolute atomic E-state index is 0.472. The van der Waals surface area contributed by atoms with E-state index in [-0.39, 0.29) is 0 Å². The Bertz CT molecular complexity index is 1170. The van der Waals surface area contributed by atoms with Crippen molar-refractivity contribution >= 4 is 55.1 Å². The number of nitrogens with zero attached hydrogens (tertiary/aromatic N) is 3. The van der Waals surface area contributed by atoms with Gasteiger partial charge in [-0.2, -0.15) is 5.10 Å². The summed E-state index contributed by atoms with van der Waals surface area (Å²) < 4.78 is 9.83. The van der Waals surface area contributed by atoms with Gasteiger partial charge in [0.1, 0.15) is 12.4 Å². The number of ether oxygens (including phenoxy) is 1. The second-order valence-corrected chi connectivity index (χ2v) is 8.20. The summed E-state index contributed by atoms with van der Waals surface area (Å²) in [5.74, 6) is 1.40. The highest BCUT2D eigenvalue weighted by Gasteiger charge is 2.10. The molecule has 0 fully saturated rings. The van der Waals surface area contributed by atoms with Gasteiger partial charge in [0.05, 0.1) is 21.7 Å². The van der Waals surface area contributed by atoms with Crippen LogP contribution in [0.4, 0.5) is 5.95 Å². The molecule has 0 aliphatic carbocycles. The van der Waals surface area contributed by atoms with Crippen molar-refractivity contribution in [2.45, 2.75) is 6.61 Å². The van der Waals surface area contributed by atoms with Gasteiger partial charge in [0.2, 0.25) is 5.95 Å². The third kappa shape index (κ3) is 4.52. The van der Waals surface area contributed by atoms with Crippen molar-refractivity contribution in [3.05, 3.63) is 86.8 Å². The van der Waals surface area contributed by atoms with Crippen LogP contribution in [-0.4, -0.2) is 15.8 Å². The standard InChI is InChI=1S/C22H18Br2N4O/c1-28-20-10-6-5-9-19(20)26-22(28)27-25-13-16-11-17(23)12-18(24)21(16)29-14-15-7-3-2-4-8-15/h2-13H,14H2,1H3,(H,26,27)/b25-13-. The van der Waals surface area contributed by atoms with Gasteiger partial charge in [0.25, 0.3) is 0 Å². The van der Waals surface area contributed by atoms with E-state index in [4.69, 9.17) is 4.74 Å². The fourth-order valence-corrected chi connectivity index (χ4v) is 4.34. The van der Waals surface area contributed by atoms with E-state index in [2.05, 4.69) is 47.4 Å². The zero-order valence-electron chi connectivity index (χ0n) is 15.6. The van der Waals surface area contributed by atoms with Crippen molar-refractivity contribution in [1.29, 1.82) is 0 Å². The van der Waals surface area contributed by atoms with Gasteiger partial charge in [0, 0.05) is 17.1 Å². The molecule has 5 nitrogen and oxygen atoms in total. The summed E-state index contributed by atoms with van der Waals surface area (Å²) in [6.07, 6.45) is 1.73. The molecule has 4 aromatic rings. The number of anilines is 1. The van der Waals surface area contributed by atoms with Crippen LogP contribution in [0.1, 0.15) is 11.1 Å². The van der Waals surface area contributed by atoms with E-state index in [9.17, 15) is 0 Å². The van der Waals surface area contributed by atoms with Crippen LogP contribution in [0.15, 0.2) is 80.8 Å². The number of para-hydroxylation sites is 2. The summed E-state index contributed by atoms with van der Waals surface area (Å²) in [6.45, 7) is 0.472. The van der Waals surface area contributed by atoms with Crippen LogP contribution in [0.2, 0.25) is 0 Å². The molecule has 0 saturated heterocycles. The second kappa shape index (κ2) is 8.80. The second-order valence-electron chi connectivity index (χ2n) is 6.43. The average Bonchev–Trinajstić information content (AvgIpc) is 3.04. The Kier molecular flexibility index (Phi) is 5.97. The van der Waals surface area contributed by atoms with Crippen molar-refractivity contribution in [3.8, 4) is 5.75 Å². The summed E-state index contributed by atoms with van der Waals surface area (Å²) in [6, 6.07) is 21.9. The Balaban J connectivity index is 1.56. The zero-order valence-corrected chi connectivity index (χ0v) is 18.8. The smallest absolute Gasteiger partial charge is 0.224 e.